The second kappa shape index (κ2) is 9.59. The first-order valence-electron chi connectivity index (χ1n) is 10.7. The number of methoxy groups -OCH3 is 1. The van der Waals surface area contributed by atoms with E-state index in [0.717, 1.165) is 6.07 Å². The lowest BCUT2D eigenvalue weighted by atomic mass is 9.93. The van der Waals surface area contributed by atoms with Crippen LogP contribution in [0.3, 0.4) is 0 Å². The number of fused-ring (bicyclic) bond motifs is 3. The number of rotatable bonds is 6. The molecule has 0 aliphatic carbocycles. The molecule has 0 aliphatic rings. The second-order valence-electron chi connectivity index (χ2n) is 8.39. The molecule has 0 fully saturated rings. The predicted octanol–water partition coefficient (Wildman–Crippen LogP) is 6.56. The van der Waals surface area contributed by atoms with Gasteiger partial charge in [-0.1, -0.05) is 39.9 Å². The van der Waals surface area contributed by atoms with Crippen molar-refractivity contribution in [2.75, 3.05) is 7.11 Å². The highest BCUT2D eigenvalue weighted by Crippen LogP contribution is 2.46. The quantitative estimate of drug-likeness (QED) is 0.182. The molecule has 39 heavy (non-hydrogen) atoms. The van der Waals surface area contributed by atoms with Gasteiger partial charge in [-0.2, -0.15) is 26.3 Å². The number of benzene rings is 3. The molecular weight excluding hydrogens is 596 g/mol. The number of aryl methyl sites for hydroxylation is 1. The van der Waals surface area contributed by atoms with Crippen LogP contribution in [-0.2, 0) is 33.1 Å². The van der Waals surface area contributed by atoms with Crippen LogP contribution in [0.5, 0.6) is 5.75 Å². The highest BCUT2D eigenvalue weighted by Gasteiger charge is 2.53. The maximum atomic E-state index is 13.4. The van der Waals surface area contributed by atoms with E-state index in [-0.39, 0.29) is 16.1 Å². The number of alkyl halides is 6. The summed E-state index contributed by atoms with van der Waals surface area (Å²) in [6.07, 6.45) is -1.71. The van der Waals surface area contributed by atoms with Gasteiger partial charge in [-0.25, -0.2) is 0 Å². The Hall–Kier alpha value is -2.97. The van der Waals surface area contributed by atoms with Gasteiger partial charge in [-0.15, -0.1) is 6.42 Å². The number of hydrogen-bond acceptors (Lipinski definition) is 5. The van der Waals surface area contributed by atoms with Crippen molar-refractivity contribution < 1.29 is 47.9 Å². The molecule has 0 aliphatic heterocycles. The van der Waals surface area contributed by atoms with Gasteiger partial charge in [-0.3, -0.25) is 16.8 Å². The molecule has 0 bridgehead atoms. The maximum Gasteiger partial charge on any atom is 0.469 e. The third-order valence-electron chi connectivity index (χ3n) is 6.14. The van der Waals surface area contributed by atoms with Crippen molar-refractivity contribution in [2.45, 2.75) is 17.4 Å². The fourth-order valence-corrected chi connectivity index (χ4v) is 7.40. The van der Waals surface area contributed by atoms with Crippen LogP contribution in [0, 0.1) is 4.58 Å². The summed E-state index contributed by atoms with van der Waals surface area (Å²) in [4.78, 5) is 0. The van der Waals surface area contributed by atoms with Gasteiger partial charge < -0.3 is 9.30 Å². The number of halogens is 7. The number of nitrogens with zero attached hydrogens (tertiary/aromatic N) is 1. The number of aromatic nitrogens is 1. The van der Waals surface area contributed by atoms with Crippen LogP contribution < -0.4 is 4.74 Å². The summed E-state index contributed by atoms with van der Waals surface area (Å²) in [6.45, 7) is 0. The molecule has 0 saturated heterocycles. The molecular formula is C24H17ClF6NO5S2-. The van der Waals surface area contributed by atoms with Gasteiger partial charge in [0.05, 0.1) is 7.11 Å². The van der Waals surface area contributed by atoms with Crippen LogP contribution in [0.4, 0.5) is 26.3 Å². The van der Waals surface area contributed by atoms with Gasteiger partial charge >= 0.3 is 11.0 Å². The first kappa shape index (κ1) is 29.0. The third-order valence-corrected chi connectivity index (χ3v) is 10.4. The van der Waals surface area contributed by atoms with Gasteiger partial charge in [0.25, 0.3) is 0 Å². The molecule has 4 rings (SSSR count). The minimum Gasteiger partial charge on any atom is -0.497 e. The fraction of sp³-hybridized carbons (Fsp3) is 0.208. The summed E-state index contributed by atoms with van der Waals surface area (Å²) >= 11 is 6.17. The normalized spacial score (nSPS) is 13.5. The Kier molecular flexibility index (Phi) is 7.14. The lowest BCUT2D eigenvalue weighted by Crippen LogP contribution is -2.40. The van der Waals surface area contributed by atoms with E-state index in [4.69, 9.17) is 16.3 Å². The molecule has 15 heteroatoms. The van der Waals surface area contributed by atoms with Crippen molar-refractivity contribution in [1.29, 1.82) is 0 Å². The van der Waals surface area contributed by atoms with Crippen LogP contribution in [0.25, 0.3) is 32.9 Å². The highest BCUT2D eigenvalue weighted by atomic mass is 35.5. The Balaban J connectivity index is 2.11. The average molecular weight is 613 g/mol. The molecule has 0 spiro atoms. The van der Waals surface area contributed by atoms with E-state index in [1.54, 1.807) is 23.7 Å². The number of ether oxygens (including phenoxy) is 1. The Bertz CT molecular complexity index is 1750. The summed E-state index contributed by atoms with van der Waals surface area (Å²) in [7, 11) is -10.8. The largest absolute Gasteiger partial charge is 0.497 e. The second-order valence-corrected chi connectivity index (χ2v) is 13.0. The molecule has 1 aromatic heterocycles. The lowest BCUT2D eigenvalue weighted by Gasteiger charge is -2.32. The summed E-state index contributed by atoms with van der Waals surface area (Å²) < 4.78 is 134. The topological polar surface area (TPSA) is 82.4 Å². The van der Waals surface area contributed by atoms with Crippen molar-refractivity contribution in [2.24, 2.45) is 7.05 Å². The maximum absolute atomic E-state index is 13.4. The summed E-state index contributed by atoms with van der Waals surface area (Å²) in [5.74, 6) is 0.375. The fourth-order valence-electron chi connectivity index (χ4n) is 4.30. The van der Waals surface area contributed by atoms with E-state index in [2.05, 4.69) is 0 Å². The standard InChI is InChI=1S/C24H17ClF6NO5S2/c1-32-18-10-6-15(25)12-17(18)22-19(32)9-5-14(21(22)13-3-7-16(37-2)8-4-13)11-20(38(33,34)23(26,27)28)39(35,36)24(29,30)31/h3-10,12H,11H2,1-2H3/q-1. The van der Waals surface area contributed by atoms with E-state index >= 15 is 0 Å². The summed E-state index contributed by atoms with van der Waals surface area (Å²) in [5, 5.41) is 1.03. The van der Waals surface area contributed by atoms with Gasteiger partial charge in [0.1, 0.15) is 25.4 Å². The summed E-state index contributed by atoms with van der Waals surface area (Å²) in [5.41, 5.74) is -11.7. The minimum absolute atomic E-state index is 0.0234. The van der Waals surface area contributed by atoms with Gasteiger partial charge in [0, 0.05) is 33.9 Å². The van der Waals surface area contributed by atoms with Crippen molar-refractivity contribution >= 4 is 53.1 Å². The van der Waals surface area contributed by atoms with Gasteiger partial charge in [0.2, 0.25) is 0 Å². The lowest BCUT2D eigenvalue weighted by molar-refractivity contribution is -0.0455. The average Bonchev–Trinajstić information content (AvgIpc) is 3.11. The molecule has 0 radical (unpaired) electrons. The molecule has 4 aromatic rings. The molecule has 210 valence electrons. The Morgan fingerprint density at radius 1 is 0.846 bits per heavy atom. The highest BCUT2D eigenvalue weighted by molar-refractivity contribution is 8.13. The number of sulfone groups is 2. The summed E-state index contributed by atoms with van der Waals surface area (Å²) in [6, 6.07) is 13.1. The zero-order valence-corrected chi connectivity index (χ0v) is 22.2. The smallest absolute Gasteiger partial charge is 0.469 e. The molecule has 0 saturated carbocycles. The third kappa shape index (κ3) is 4.82. The van der Waals surface area contributed by atoms with Crippen molar-refractivity contribution in [3.05, 3.63) is 69.8 Å². The molecule has 1 heterocycles. The van der Waals surface area contributed by atoms with Crippen LogP contribution in [-0.4, -0.2) is 39.5 Å². The van der Waals surface area contributed by atoms with E-state index in [0.29, 0.717) is 27.6 Å². The zero-order chi connectivity index (χ0) is 29.1. The van der Waals surface area contributed by atoms with Crippen molar-refractivity contribution in [3.8, 4) is 16.9 Å². The molecule has 0 amide bonds. The SMILES string of the molecule is COc1ccc(-c2c(C[C-](S(=O)(=O)C(F)(F)F)S(=O)(=O)C(F)(F)F)ccc3c2c2cc(Cl)ccc2n3C)cc1. The van der Waals surface area contributed by atoms with Crippen LogP contribution in [0.15, 0.2) is 54.6 Å². The Morgan fingerprint density at radius 2 is 1.38 bits per heavy atom. The van der Waals surface area contributed by atoms with Crippen LogP contribution in [0.2, 0.25) is 5.02 Å². The molecule has 0 atom stereocenters. The van der Waals surface area contributed by atoms with Crippen LogP contribution in [0.1, 0.15) is 5.56 Å². The number of hydrogen-bond donors (Lipinski definition) is 0. The van der Waals surface area contributed by atoms with Gasteiger partial charge in [0.15, 0.2) is 0 Å². The Morgan fingerprint density at radius 3 is 1.90 bits per heavy atom. The predicted molar refractivity (Wildman–Crippen MR) is 134 cm³/mol. The van der Waals surface area contributed by atoms with E-state index in [1.165, 1.54) is 43.5 Å². The van der Waals surface area contributed by atoms with Gasteiger partial charge in [-0.05, 0) is 47.5 Å². The monoisotopic (exact) mass is 612 g/mol. The first-order chi connectivity index (χ1) is 17.9. The molecule has 6 nitrogen and oxygen atoms in total. The molecule has 0 unspecified atom stereocenters. The minimum atomic E-state index is -6.92. The van der Waals surface area contributed by atoms with Crippen molar-refractivity contribution in [3.63, 3.8) is 0 Å². The van der Waals surface area contributed by atoms with Crippen LogP contribution >= 0.6 is 11.6 Å². The Labute approximate surface area is 223 Å². The van der Waals surface area contributed by atoms with Crippen molar-refractivity contribution in [1.82, 2.24) is 4.57 Å². The molecule has 0 N–H and O–H groups in total. The van der Waals surface area contributed by atoms with E-state index < -0.39 is 47.3 Å². The molecule has 3 aromatic carbocycles. The van der Waals surface area contributed by atoms with E-state index in [9.17, 15) is 43.2 Å². The first-order valence-corrected chi connectivity index (χ1v) is 14.1. The zero-order valence-electron chi connectivity index (χ0n) is 19.9. The van der Waals surface area contributed by atoms with E-state index in [1.807, 2.05) is 0 Å².